The lowest BCUT2D eigenvalue weighted by atomic mass is 9.88. The highest BCUT2D eigenvalue weighted by molar-refractivity contribution is 5.78. The van der Waals surface area contributed by atoms with E-state index in [-0.39, 0.29) is 24.0 Å². The second-order valence-corrected chi connectivity index (χ2v) is 6.31. The van der Waals surface area contributed by atoms with Crippen molar-refractivity contribution in [1.29, 1.82) is 0 Å². The molecule has 3 atom stereocenters. The van der Waals surface area contributed by atoms with Crippen molar-refractivity contribution in [2.24, 2.45) is 17.6 Å². The molecule has 0 spiro atoms. The highest BCUT2D eigenvalue weighted by Crippen LogP contribution is 2.22. The average Bonchev–Trinajstić information content (AvgIpc) is 2.38. The fraction of sp³-hybridized carbons (Fsp3) is 0.933. The second-order valence-electron chi connectivity index (χ2n) is 6.31. The Kier molecular flexibility index (Phi) is 7.48. The Bertz CT molecular complexity index is 297. The molecule has 1 aliphatic rings. The molecule has 1 heterocycles. The summed E-state index contributed by atoms with van der Waals surface area (Å²) in [5.74, 6) is 0.557. The van der Waals surface area contributed by atoms with Crippen LogP contribution >= 0.6 is 0 Å². The van der Waals surface area contributed by atoms with E-state index in [1.54, 1.807) is 0 Å². The number of carbonyl (C=O) groups excluding carboxylic acids is 1. The number of carbonyl (C=O) groups is 1. The maximum atomic E-state index is 11.9. The third-order valence-corrected chi connectivity index (χ3v) is 4.01. The molecule has 0 aromatic rings. The molecular weight excluding hydrogens is 254 g/mol. The Labute approximate surface area is 122 Å². The van der Waals surface area contributed by atoms with Crippen LogP contribution in [0.5, 0.6) is 0 Å². The van der Waals surface area contributed by atoms with Gasteiger partial charge in [0.05, 0.1) is 6.10 Å². The lowest BCUT2D eigenvalue weighted by molar-refractivity contribution is -0.125. The monoisotopic (exact) mass is 285 g/mol. The zero-order valence-electron chi connectivity index (χ0n) is 13.1. The summed E-state index contributed by atoms with van der Waals surface area (Å²) in [6.07, 6.45) is 2.32. The van der Waals surface area contributed by atoms with Gasteiger partial charge in [-0.15, -0.1) is 0 Å². The minimum absolute atomic E-state index is 0.0135. The van der Waals surface area contributed by atoms with Gasteiger partial charge in [-0.3, -0.25) is 9.69 Å². The number of nitrogens with zero attached hydrogens (tertiary/aromatic N) is 1. The van der Waals surface area contributed by atoms with Gasteiger partial charge in [0.15, 0.2) is 0 Å². The largest absolute Gasteiger partial charge is 0.393 e. The quantitative estimate of drug-likeness (QED) is 0.639. The molecule has 4 N–H and O–H groups in total. The van der Waals surface area contributed by atoms with Crippen LogP contribution < -0.4 is 11.1 Å². The predicted molar refractivity (Wildman–Crippen MR) is 81.3 cm³/mol. The zero-order valence-corrected chi connectivity index (χ0v) is 13.1. The summed E-state index contributed by atoms with van der Waals surface area (Å²) in [5, 5.41) is 13.0. The van der Waals surface area contributed by atoms with E-state index in [0.717, 1.165) is 38.9 Å². The summed E-state index contributed by atoms with van der Waals surface area (Å²) >= 11 is 0. The van der Waals surface area contributed by atoms with E-state index in [1.165, 1.54) is 0 Å². The van der Waals surface area contributed by atoms with Crippen LogP contribution in [-0.4, -0.2) is 54.2 Å². The first-order valence-electron chi connectivity index (χ1n) is 7.87. The van der Waals surface area contributed by atoms with Gasteiger partial charge in [0.1, 0.15) is 0 Å². The van der Waals surface area contributed by atoms with Crippen LogP contribution in [0.2, 0.25) is 0 Å². The standard InChI is InChI=1S/C15H31N3O2/c1-4-14(19)8-12-7-13(17-15(20)11(2)3)10-18(9-12)6-5-16/h11-14,19H,4-10,16H2,1-3H3,(H,17,20). The normalized spacial score (nSPS) is 25.7. The Balaban J connectivity index is 2.57. The van der Waals surface area contributed by atoms with Gasteiger partial charge in [0.25, 0.3) is 0 Å². The van der Waals surface area contributed by atoms with Crippen LogP contribution in [0.3, 0.4) is 0 Å². The number of rotatable bonds is 7. The molecule has 0 aromatic heterocycles. The molecule has 20 heavy (non-hydrogen) atoms. The SMILES string of the molecule is CCC(O)CC1CC(NC(=O)C(C)C)CN(CCN)C1. The molecule has 0 radical (unpaired) electrons. The van der Waals surface area contributed by atoms with Crippen LogP contribution in [0, 0.1) is 11.8 Å². The number of likely N-dealkylation sites (tertiary alicyclic amines) is 1. The van der Waals surface area contributed by atoms with Crippen molar-refractivity contribution in [2.45, 2.75) is 52.2 Å². The summed E-state index contributed by atoms with van der Waals surface area (Å²) in [4.78, 5) is 14.2. The maximum absolute atomic E-state index is 11.9. The van der Waals surface area contributed by atoms with Crippen molar-refractivity contribution in [1.82, 2.24) is 10.2 Å². The first-order valence-corrected chi connectivity index (χ1v) is 7.87. The molecular formula is C15H31N3O2. The van der Waals surface area contributed by atoms with Crippen LogP contribution in [0.15, 0.2) is 0 Å². The molecule has 0 bridgehead atoms. The first-order chi connectivity index (χ1) is 9.46. The van der Waals surface area contributed by atoms with Crippen molar-refractivity contribution >= 4 is 5.91 Å². The molecule has 0 aromatic carbocycles. The lowest BCUT2D eigenvalue weighted by Crippen LogP contribution is -2.52. The zero-order chi connectivity index (χ0) is 15.1. The number of aliphatic hydroxyl groups excluding tert-OH is 1. The van der Waals surface area contributed by atoms with Crippen LogP contribution in [0.1, 0.15) is 40.0 Å². The molecule has 0 saturated carbocycles. The fourth-order valence-electron chi connectivity index (χ4n) is 2.86. The lowest BCUT2D eigenvalue weighted by Gasteiger charge is -2.38. The van der Waals surface area contributed by atoms with Crippen molar-refractivity contribution in [3.8, 4) is 0 Å². The maximum Gasteiger partial charge on any atom is 0.222 e. The molecule has 1 fully saturated rings. The number of nitrogens with one attached hydrogen (secondary N) is 1. The Morgan fingerprint density at radius 2 is 2.15 bits per heavy atom. The predicted octanol–water partition coefficient (Wildman–Crippen LogP) is 0.569. The number of amides is 1. The van der Waals surface area contributed by atoms with Gasteiger partial charge in [0, 0.05) is 38.1 Å². The van der Waals surface area contributed by atoms with Gasteiger partial charge in [-0.05, 0) is 25.2 Å². The molecule has 5 heteroatoms. The summed E-state index contributed by atoms with van der Waals surface area (Å²) in [6.45, 7) is 9.16. The van der Waals surface area contributed by atoms with E-state index in [0.29, 0.717) is 12.5 Å². The highest BCUT2D eigenvalue weighted by Gasteiger charge is 2.29. The molecule has 1 amide bonds. The molecule has 1 aliphatic heterocycles. The molecule has 5 nitrogen and oxygen atoms in total. The third-order valence-electron chi connectivity index (χ3n) is 4.01. The molecule has 3 unspecified atom stereocenters. The van der Waals surface area contributed by atoms with Gasteiger partial charge in [-0.25, -0.2) is 0 Å². The number of piperidine rings is 1. The summed E-state index contributed by atoms with van der Waals surface area (Å²) < 4.78 is 0. The van der Waals surface area contributed by atoms with Gasteiger partial charge in [0.2, 0.25) is 5.91 Å². The minimum atomic E-state index is -0.237. The number of hydrogen-bond acceptors (Lipinski definition) is 4. The fourth-order valence-corrected chi connectivity index (χ4v) is 2.86. The first kappa shape index (κ1) is 17.4. The summed E-state index contributed by atoms with van der Waals surface area (Å²) in [7, 11) is 0. The van der Waals surface area contributed by atoms with E-state index in [9.17, 15) is 9.90 Å². The Hall–Kier alpha value is -0.650. The van der Waals surface area contributed by atoms with Gasteiger partial charge < -0.3 is 16.2 Å². The van der Waals surface area contributed by atoms with E-state index in [1.807, 2.05) is 20.8 Å². The third kappa shape index (κ3) is 5.77. The van der Waals surface area contributed by atoms with Crippen molar-refractivity contribution in [2.75, 3.05) is 26.2 Å². The number of hydrogen-bond donors (Lipinski definition) is 3. The molecule has 0 aliphatic carbocycles. The van der Waals surface area contributed by atoms with E-state index in [4.69, 9.17) is 5.73 Å². The summed E-state index contributed by atoms with van der Waals surface area (Å²) in [6, 6.07) is 0.180. The van der Waals surface area contributed by atoms with Gasteiger partial charge >= 0.3 is 0 Å². The Morgan fingerprint density at radius 3 is 2.70 bits per heavy atom. The molecule has 118 valence electrons. The highest BCUT2D eigenvalue weighted by atomic mass is 16.3. The number of nitrogens with two attached hydrogens (primary N) is 1. The average molecular weight is 285 g/mol. The van der Waals surface area contributed by atoms with E-state index in [2.05, 4.69) is 10.2 Å². The summed E-state index contributed by atoms with van der Waals surface area (Å²) in [5.41, 5.74) is 5.65. The van der Waals surface area contributed by atoms with Crippen LogP contribution in [-0.2, 0) is 4.79 Å². The molecule has 1 saturated heterocycles. The van der Waals surface area contributed by atoms with E-state index >= 15 is 0 Å². The van der Waals surface area contributed by atoms with Crippen LogP contribution in [0.25, 0.3) is 0 Å². The molecule has 1 rings (SSSR count). The van der Waals surface area contributed by atoms with E-state index < -0.39 is 0 Å². The van der Waals surface area contributed by atoms with Crippen molar-refractivity contribution in [3.63, 3.8) is 0 Å². The second kappa shape index (κ2) is 8.60. The number of aliphatic hydroxyl groups is 1. The smallest absolute Gasteiger partial charge is 0.222 e. The van der Waals surface area contributed by atoms with Gasteiger partial charge in [-0.1, -0.05) is 20.8 Å². The van der Waals surface area contributed by atoms with Gasteiger partial charge in [-0.2, -0.15) is 0 Å². The van der Waals surface area contributed by atoms with Crippen molar-refractivity contribution < 1.29 is 9.90 Å². The van der Waals surface area contributed by atoms with Crippen LogP contribution in [0.4, 0.5) is 0 Å². The Morgan fingerprint density at radius 1 is 1.45 bits per heavy atom. The minimum Gasteiger partial charge on any atom is -0.393 e. The topological polar surface area (TPSA) is 78.6 Å². The van der Waals surface area contributed by atoms with Crippen molar-refractivity contribution in [3.05, 3.63) is 0 Å².